The first-order chi connectivity index (χ1) is 8.83. The van der Waals surface area contributed by atoms with Crippen LogP contribution in [0.3, 0.4) is 0 Å². The lowest BCUT2D eigenvalue weighted by Gasteiger charge is -2.13. The number of benzene rings is 1. The first-order valence-electron chi connectivity index (χ1n) is 4.87. The van der Waals surface area contributed by atoms with Gasteiger partial charge < -0.3 is 14.8 Å². The van der Waals surface area contributed by atoms with Crippen LogP contribution in [0.2, 0.25) is 0 Å². The molecule has 0 aromatic heterocycles. The van der Waals surface area contributed by atoms with Gasteiger partial charge in [0.25, 0.3) is 0 Å². The Morgan fingerprint density at radius 3 is 2.37 bits per heavy atom. The van der Waals surface area contributed by atoms with Crippen molar-refractivity contribution in [2.24, 2.45) is 0 Å². The summed E-state index contributed by atoms with van der Waals surface area (Å²) in [5.41, 5.74) is -0.554. The van der Waals surface area contributed by atoms with Crippen LogP contribution >= 0.6 is 0 Å². The highest BCUT2D eigenvalue weighted by atomic mass is 19.4. The van der Waals surface area contributed by atoms with E-state index in [0.717, 1.165) is 6.07 Å². The Bertz CT molecular complexity index is 535. The largest absolute Gasteiger partial charge is 0.497 e. The number of hydrogen-bond acceptors (Lipinski definition) is 4. The number of amides is 1. The van der Waals surface area contributed by atoms with Crippen molar-refractivity contribution in [3.8, 4) is 17.6 Å². The van der Waals surface area contributed by atoms with Crippen molar-refractivity contribution >= 4 is 11.6 Å². The van der Waals surface area contributed by atoms with Gasteiger partial charge in [-0.2, -0.15) is 18.4 Å². The number of hydrogen-bond donors (Lipinski definition) is 1. The van der Waals surface area contributed by atoms with Crippen LogP contribution in [-0.4, -0.2) is 26.3 Å². The molecule has 0 saturated heterocycles. The molecule has 0 aliphatic carbocycles. The van der Waals surface area contributed by atoms with Crippen LogP contribution in [0.5, 0.6) is 11.5 Å². The predicted molar refractivity (Wildman–Crippen MR) is 58.9 cm³/mol. The quantitative estimate of drug-likeness (QED) is 0.916. The van der Waals surface area contributed by atoms with Gasteiger partial charge in [-0.25, -0.2) is 0 Å². The fraction of sp³-hybridized carbons (Fsp3) is 0.273. The van der Waals surface area contributed by atoms with E-state index >= 15 is 0 Å². The van der Waals surface area contributed by atoms with Gasteiger partial charge in [0.15, 0.2) is 0 Å². The second-order valence-electron chi connectivity index (χ2n) is 3.32. The van der Waals surface area contributed by atoms with Crippen LogP contribution in [0.4, 0.5) is 18.9 Å². The SMILES string of the molecule is COc1cc(NC(=O)C(F)(F)F)c(C#N)c(OC)c1. The number of anilines is 1. The summed E-state index contributed by atoms with van der Waals surface area (Å²) in [4.78, 5) is 10.9. The molecule has 1 aromatic carbocycles. The Morgan fingerprint density at radius 2 is 1.95 bits per heavy atom. The van der Waals surface area contributed by atoms with Gasteiger partial charge in [-0.15, -0.1) is 0 Å². The summed E-state index contributed by atoms with van der Waals surface area (Å²) < 4.78 is 46.2. The lowest BCUT2D eigenvalue weighted by atomic mass is 10.1. The Labute approximate surface area is 106 Å². The number of nitriles is 1. The topological polar surface area (TPSA) is 71.3 Å². The van der Waals surface area contributed by atoms with Crippen LogP contribution in [0.15, 0.2) is 12.1 Å². The van der Waals surface area contributed by atoms with E-state index in [1.807, 2.05) is 0 Å². The molecule has 0 saturated carbocycles. The zero-order chi connectivity index (χ0) is 14.6. The van der Waals surface area contributed by atoms with Crippen LogP contribution < -0.4 is 14.8 Å². The van der Waals surface area contributed by atoms with Crippen LogP contribution in [0.1, 0.15) is 5.56 Å². The highest BCUT2D eigenvalue weighted by molar-refractivity contribution is 5.96. The second kappa shape index (κ2) is 5.48. The zero-order valence-corrected chi connectivity index (χ0v) is 9.96. The van der Waals surface area contributed by atoms with Gasteiger partial charge in [0.05, 0.1) is 19.9 Å². The van der Waals surface area contributed by atoms with Crippen molar-refractivity contribution < 1.29 is 27.4 Å². The Hall–Kier alpha value is -2.43. The molecule has 0 fully saturated rings. The summed E-state index contributed by atoms with van der Waals surface area (Å²) in [6, 6.07) is 4.08. The lowest BCUT2D eigenvalue weighted by Crippen LogP contribution is -2.30. The summed E-state index contributed by atoms with van der Waals surface area (Å²) in [6.07, 6.45) is -5.05. The van der Waals surface area contributed by atoms with E-state index in [1.54, 1.807) is 11.4 Å². The third-order valence-electron chi connectivity index (χ3n) is 2.15. The number of carbonyl (C=O) groups excluding carboxylic acids is 1. The molecule has 1 amide bonds. The first kappa shape index (κ1) is 14.6. The van der Waals surface area contributed by atoms with E-state index in [4.69, 9.17) is 14.7 Å². The van der Waals surface area contributed by atoms with Gasteiger partial charge in [-0.05, 0) is 0 Å². The minimum absolute atomic E-state index is 0.000625. The number of nitrogens with zero attached hydrogens (tertiary/aromatic N) is 1. The molecule has 0 aliphatic rings. The molecule has 5 nitrogen and oxygen atoms in total. The second-order valence-corrected chi connectivity index (χ2v) is 3.32. The van der Waals surface area contributed by atoms with Crippen molar-refractivity contribution in [2.45, 2.75) is 6.18 Å². The average molecular weight is 274 g/mol. The van der Waals surface area contributed by atoms with Gasteiger partial charge in [0.2, 0.25) is 0 Å². The third-order valence-corrected chi connectivity index (χ3v) is 2.15. The molecule has 0 atom stereocenters. The normalized spacial score (nSPS) is 10.5. The molecule has 102 valence electrons. The molecule has 0 heterocycles. The van der Waals surface area contributed by atoms with Crippen molar-refractivity contribution in [3.63, 3.8) is 0 Å². The number of alkyl halides is 3. The minimum Gasteiger partial charge on any atom is -0.497 e. The molecule has 0 aliphatic heterocycles. The summed E-state index contributed by atoms with van der Waals surface area (Å²) in [7, 11) is 2.53. The average Bonchev–Trinajstić information content (AvgIpc) is 2.36. The van der Waals surface area contributed by atoms with Gasteiger partial charge in [-0.3, -0.25) is 4.79 Å². The highest BCUT2D eigenvalue weighted by Crippen LogP contribution is 2.32. The molecule has 0 spiro atoms. The standard InChI is InChI=1S/C11H9F3N2O3/c1-18-6-3-8(16-10(17)11(12,13)14)7(5-15)9(4-6)19-2/h3-4H,1-2H3,(H,16,17). The lowest BCUT2D eigenvalue weighted by molar-refractivity contribution is -0.167. The third kappa shape index (κ3) is 3.28. The van der Waals surface area contributed by atoms with Gasteiger partial charge in [-0.1, -0.05) is 0 Å². The van der Waals surface area contributed by atoms with Gasteiger partial charge in [0, 0.05) is 12.1 Å². The Kier molecular flexibility index (Phi) is 4.22. The summed E-state index contributed by atoms with van der Waals surface area (Å²) in [5.74, 6) is -2.04. The van der Waals surface area contributed by atoms with Crippen LogP contribution in [0.25, 0.3) is 0 Å². The maximum Gasteiger partial charge on any atom is 0.471 e. The molecular weight excluding hydrogens is 265 g/mol. The van der Waals surface area contributed by atoms with Crippen LogP contribution in [-0.2, 0) is 4.79 Å². The Morgan fingerprint density at radius 1 is 1.32 bits per heavy atom. The number of ether oxygens (including phenoxy) is 2. The number of methoxy groups -OCH3 is 2. The van der Waals surface area contributed by atoms with Crippen LogP contribution in [0, 0.1) is 11.3 Å². The molecule has 8 heteroatoms. The summed E-state index contributed by atoms with van der Waals surface area (Å²) >= 11 is 0. The molecular formula is C11H9F3N2O3. The number of nitrogens with one attached hydrogen (secondary N) is 1. The molecule has 0 radical (unpaired) electrons. The summed E-state index contributed by atoms with van der Waals surface area (Å²) in [6.45, 7) is 0. The van der Waals surface area contributed by atoms with Gasteiger partial charge >= 0.3 is 12.1 Å². The van der Waals surface area contributed by atoms with E-state index in [2.05, 4.69) is 0 Å². The van der Waals surface area contributed by atoms with E-state index in [9.17, 15) is 18.0 Å². The zero-order valence-electron chi connectivity index (χ0n) is 9.96. The molecule has 1 N–H and O–H groups in total. The van der Waals surface area contributed by atoms with Crippen molar-refractivity contribution in [3.05, 3.63) is 17.7 Å². The van der Waals surface area contributed by atoms with Crippen molar-refractivity contribution in [2.75, 3.05) is 19.5 Å². The fourth-order valence-electron chi connectivity index (χ4n) is 1.28. The van der Waals surface area contributed by atoms with E-state index < -0.39 is 12.1 Å². The van der Waals surface area contributed by atoms with Crippen molar-refractivity contribution in [1.82, 2.24) is 0 Å². The first-order valence-corrected chi connectivity index (χ1v) is 4.87. The van der Waals surface area contributed by atoms with Gasteiger partial charge in [0.1, 0.15) is 23.1 Å². The molecule has 0 unspecified atom stereocenters. The smallest absolute Gasteiger partial charge is 0.471 e. The van der Waals surface area contributed by atoms with E-state index in [1.165, 1.54) is 20.3 Å². The maximum atomic E-state index is 12.2. The monoisotopic (exact) mass is 274 g/mol. The highest BCUT2D eigenvalue weighted by Gasteiger charge is 2.39. The maximum absolute atomic E-state index is 12.2. The number of rotatable bonds is 3. The molecule has 0 bridgehead atoms. The number of halogens is 3. The van der Waals surface area contributed by atoms with Crippen molar-refractivity contribution in [1.29, 1.82) is 5.26 Å². The molecule has 1 aromatic rings. The predicted octanol–water partition coefficient (Wildman–Crippen LogP) is 2.08. The Balaban J connectivity index is 3.26. The number of carbonyl (C=O) groups is 1. The minimum atomic E-state index is -5.05. The van der Waals surface area contributed by atoms with E-state index in [-0.39, 0.29) is 22.7 Å². The summed E-state index contributed by atoms with van der Waals surface area (Å²) in [5, 5.41) is 10.5. The molecule has 19 heavy (non-hydrogen) atoms. The van der Waals surface area contributed by atoms with E-state index in [0.29, 0.717) is 0 Å². The fourth-order valence-corrected chi connectivity index (χ4v) is 1.28. The molecule has 1 rings (SSSR count).